The molecule has 1 aliphatic heterocycles. The van der Waals surface area contributed by atoms with E-state index in [2.05, 4.69) is 4.98 Å². The van der Waals surface area contributed by atoms with E-state index in [-0.39, 0.29) is 11.9 Å². The summed E-state index contributed by atoms with van der Waals surface area (Å²) in [6.45, 7) is 0.747. The van der Waals surface area contributed by atoms with Gasteiger partial charge in [0, 0.05) is 23.7 Å². The molecule has 0 radical (unpaired) electrons. The highest BCUT2D eigenvalue weighted by Gasteiger charge is 2.32. The Labute approximate surface area is 169 Å². The molecule has 0 N–H and O–H groups in total. The lowest BCUT2D eigenvalue weighted by atomic mass is 10.0. The Morgan fingerprint density at radius 2 is 1.72 bits per heavy atom. The van der Waals surface area contributed by atoms with Crippen LogP contribution in [0.25, 0.3) is 22.2 Å². The van der Waals surface area contributed by atoms with E-state index < -0.39 is 0 Å². The highest BCUT2D eigenvalue weighted by Crippen LogP contribution is 2.34. The Kier molecular flexibility index (Phi) is 4.53. The van der Waals surface area contributed by atoms with E-state index in [1.165, 1.54) is 0 Å². The number of hydrogen-bond donors (Lipinski definition) is 0. The number of rotatable bonds is 3. The Hall–Kier alpha value is -3.53. The summed E-state index contributed by atoms with van der Waals surface area (Å²) in [7, 11) is 0. The zero-order chi connectivity index (χ0) is 19.6. The fourth-order valence-electron chi connectivity index (χ4n) is 4.15. The number of carbonyl (C=O) groups excluding carboxylic acids is 1. The molecule has 1 unspecified atom stereocenters. The van der Waals surface area contributed by atoms with E-state index in [4.69, 9.17) is 4.98 Å². The molecule has 142 valence electrons. The van der Waals surface area contributed by atoms with Crippen molar-refractivity contribution in [2.75, 3.05) is 6.54 Å². The van der Waals surface area contributed by atoms with Crippen LogP contribution in [0.2, 0.25) is 0 Å². The van der Waals surface area contributed by atoms with Gasteiger partial charge in [0.2, 0.25) is 0 Å². The first-order valence-electron chi connectivity index (χ1n) is 9.98. The van der Waals surface area contributed by atoms with Crippen LogP contribution >= 0.6 is 0 Å². The largest absolute Gasteiger partial charge is 0.330 e. The van der Waals surface area contributed by atoms with Crippen molar-refractivity contribution in [3.63, 3.8) is 0 Å². The van der Waals surface area contributed by atoms with Gasteiger partial charge >= 0.3 is 0 Å². The number of hydrogen-bond acceptors (Lipinski definition) is 3. The zero-order valence-corrected chi connectivity index (χ0v) is 16.0. The lowest BCUT2D eigenvalue weighted by Crippen LogP contribution is -2.31. The molecular formula is C25H21N3O. The van der Waals surface area contributed by atoms with Gasteiger partial charge in [-0.15, -0.1) is 0 Å². The van der Waals surface area contributed by atoms with Crippen LogP contribution in [-0.4, -0.2) is 27.3 Å². The van der Waals surface area contributed by atoms with Gasteiger partial charge in [0.15, 0.2) is 0 Å². The number of para-hydroxylation sites is 1. The number of nitrogens with zero attached hydrogens (tertiary/aromatic N) is 3. The van der Waals surface area contributed by atoms with Crippen LogP contribution in [0, 0.1) is 0 Å². The smallest absolute Gasteiger partial charge is 0.255 e. The molecule has 29 heavy (non-hydrogen) atoms. The van der Waals surface area contributed by atoms with E-state index in [1.54, 1.807) is 6.20 Å². The molecule has 0 bridgehead atoms. The number of likely N-dealkylation sites (tertiary alicyclic amines) is 1. The van der Waals surface area contributed by atoms with E-state index >= 15 is 0 Å². The topological polar surface area (TPSA) is 46.1 Å². The number of fused-ring (bicyclic) bond motifs is 1. The molecule has 1 saturated heterocycles. The molecule has 5 rings (SSSR count). The highest BCUT2D eigenvalue weighted by molar-refractivity contribution is 6.07. The Morgan fingerprint density at radius 1 is 0.931 bits per heavy atom. The van der Waals surface area contributed by atoms with Crippen molar-refractivity contribution in [3.05, 3.63) is 96.3 Å². The minimum absolute atomic E-state index is 0.0239. The van der Waals surface area contributed by atoms with Gasteiger partial charge in [-0.1, -0.05) is 54.6 Å². The van der Waals surface area contributed by atoms with Crippen molar-refractivity contribution >= 4 is 16.8 Å². The quantitative estimate of drug-likeness (QED) is 0.487. The maximum absolute atomic E-state index is 13.7. The maximum atomic E-state index is 13.7. The summed E-state index contributed by atoms with van der Waals surface area (Å²) in [6.07, 6.45) is 3.73. The van der Waals surface area contributed by atoms with E-state index in [0.717, 1.165) is 47.2 Å². The van der Waals surface area contributed by atoms with Crippen molar-refractivity contribution < 1.29 is 4.79 Å². The molecule has 2 aromatic carbocycles. The van der Waals surface area contributed by atoms with Crippen molar-refractivity contribution in [1.29, 1.82) is 0 Å². The van der Waals surface area contributed by atoms with Crippen LogP contribution in [-0.2, 0) is 0 Å². The third-order valence-electron chi connectivity index (χ3n) is 5.56. The van der Waals surface area contributed by atoms with Crippen LogP contribution < -0.4 is 0 Å². The number of amides is 1. The van der Waals surface area contributed by atoms with Gasteiger partial charge in [-0.2, -0.15) is 0 Å². The summed E-state index contributed by atoms with van der Waals surface area (Å²) >= 11 is 0. The normalized spacial score (nSPS) is 16.3. The van der Waals surface area contributed by atoms with Gasteiger partial charge < -0.3 is 4.90 Å². The molecule has 1 fully saturated rings. The number of benzene rings is 2. The van der Waals surface area contributed by atoms with Gasteiger partial charge in [-0.05, 0) is 37.1 Å². The fourth-order valence-corrected chi connectivity index (χ4v) is 4.15. The van der Waals surface area contributed by atoms with Gasteiger partial charge in [-0.3, -0.25) is 9.78 Å². The summed E-state index contributed by atoms with van der Waals surface area (Å²) < 4.78 is 0. The van der Waals surface area contributed by atoms with Gasteiger partial charge in [0.25, 0.3) is 5.91 Å². The monoisotopic (exact) mass is 379 g/mol. The SMILES string of the molecule is O=C(c1cc(-c2ccccc2)nc2ccccc12)N1CCCC1c1ccccn1. The lowest BCUT2D eigenvalue weighted by Gasteiger charge is -2.25. The standard InChI is InChI=1S/C25H21N3O/c29-25(28-16-8-14-24(28)22-13-6-7-15-26-22)20-17-23(18-9-2-1-3-10-18)27-21-12-5-4-11-19(20)21/h1-7,9-13,15,17,24H,8,14,16H2. The molecule has 4 aromatic rings. The third-order valence-corrected chi connectivity index (χ3v) is 5.56. The van der Waals surface area contributed by atoms with Gasteiger partial charge in [0.1, 0.15) is 0 Å². The average molecular weight is 379 g/mol. The van der Waals surface area contributed by atoms with E-state index in [9.17, 15) is 4.79 Å². The molecule has 0 spiro atoms. The lowest BCUT2D eigenvalue weighted by molar-refractivity contribution is 0.0735. The summed E-state index contributed by atoms with van der Waals surface area (Å²) in [5.41, 5.74) is 4.33. The number of pyridine rings is 2. The summed E-state index contributed by atoms with van der Waals surface area (Å²) in [5.74, 6) is 0.0499. The Morgan fingerprint density at radius 3 is 2.55 bits per heavy atom. The van der Waals surface area contributed by atoms with Crippen molar-refractivity contribution in [3.8, 4) is 11.3 Å². The van der Waals surface area contributed by atoms with Gasteiger partial charge in [0.05, 0.1) is 28.5 Å². The van der Waals surface area contributed by atoms with Crippen LogP contribution in [0.4, 0.5) is 0 Å². The molecule has 1 aliphatic rings. The minimum Gasteiger partial charge on any atom is -0.330 e. The second-order valence-corrected chi connectivity index (χ2v) is 7.35. The molecule has 0 saturated carbocycles. The fraction of sp³-hybridized carbons (Fsp3) is 0.160. The molecule has 2 aromatic heterocycles. The van der Waals surface area contributed by atoms with Crippen LogP contribution in [0.3, 0.4) is 0 Å². The number of aromatic nitrogens is 2. The molecule has 0 aliphatic carbocycles. The summed E-state index contributed by atoms with van der Waals surface area (Å²) in [5, 5.41) is 0.892. The highest BCUT2D eigenvalue weighted by atomic mass is 16.2. The summed E-state index contributed by atoms with van der Waals surface area (Å²) in [4.78, 5) is 25.0. The number of carbonyl (C=O) groups is 1. The predicted octanol–water partition coefficient (Wildman–Crippen LogP) is 5.27. The second kappa shape index (κ2) is 7.47. The van der Waals surface area contributed by atoms with Crippen LogP contribution in [0.1, 0.15) is 34.9 Å². The van der Waals surface area contributed by atoms with E-state index in [1.807, 2.05) is 83.8 Å². The second-order valence-electron chi connectivity index (χ2n) is 7.35. The Balaban J connectivity index is 1.61. The van der Waals surface area contributed by atoms with Crippen molar-refractivity contribution in [2.24, 2.45) is 0 Å². The average Bonchev–Trinajstić information content (AvgIpc) is 3.29. The molecule has 1 amide bonds. The Bertz CT molecular complexity index is 1160. The first kappa shape index (κ1) is 17.6. The van der Waals surface area contributed by atoms with Gasteiger partial charge in [-0.25, -0.2) is 4.98 Å². The van der Waals surface area contributed by atoms with Crippen LogP contribution in [0.5, 0.6) is 0 Å². The van der Waals surface area contributed by atoms with Crippen LogP contribution in [0.15, 0.2) is 85.1 Å². The molecule has 4 nitrogen and oxygen atoms in total. The van der Waals surface area contributed by atoms with Crippen molar-refractivity contribution in [2.45, 2.75) is 18.9 Å². The maximum Gasteiger partial charge on any atom is 0.255 e. The zero-order valence-electron chi connectivity index (χ0n) is 16.0. The minimum atomic E-state index is 0.0239. The van der Waals surface area contributed by atoms with Crippen molar-refractivity contribution in [1.82, 2.24) is 14.9 Å². The molecule has 1 atom stereocenters. The predicted molar refractivity (Wildman–Crippen MR) is 114 cm³/mol. The first-order chi connectivity index (χ1) is 14.3. The summed E-state index contributed by atoms with van der Waals surface area (Å²) in [6, 6.07) is 25.8. The first-order valence-corrected chi connectivity index (χ1v) is 9.98. The van der Waals surface area contributed by atoms with E-state index in [0.29, 0.717) is 5.56 Å². The third kappa shape index (κ3) is 3.27. The molecule has 3 heterocycles. The molecular weight excluding hydrogens is 358 g/mol. The molecule has 4 heteroatoms.